The number of rotatable bonds is 3. The lowest BCUT2D eigenvalue weighted by Gasteiger charge is -2.22. The molecule has 13 heavy (non-hydrogen) atoms. The van der Waals surface area contributed by atoms with Gasteiger partial charge in [0.25, 0.3) is 0 Å². The number of hydrogen-bond acceptors (Lipinski definition) is 3. The molecule has 0 radical (unpaired) electrons. The fourth-order valence-electron chi connectivity index (χ4n) is 1.66. The number of nitrogens with one attached hydrogen (secondary N) is 1. The van der Waals surface area contributed by atoms with Gasteiger partial charge in [-0.1, -0.05) is 18.5 Å². The van der Waals surface area contributed by atoms with E-state index in [0.29, 0.717) is 5.41 Å². The number of halogens is 1. The first kappa shape index (κ1) is 9.46. The first-order valence-electron chi connectivity index (χ1n) is 4.36. The molecular weight excluding hydrogens is 204 g/mol. The minimum atomic E-state index is 0.214. The van der Waals surface area contributed by atoms with E-state index in [1.165, 1.54) is 12.8 Å². The SMILES string of the molecule is CC1(C(NN)c2ccsc2Cl)CC1. The molecule has 0 amide bonds. The van der Waals surface area contributed by atoms with Crippen molar-refractivity contribution >= 4 is 22.9 Å². The zero-order valence-electron chi connectivity index (χ0n) is 7.51. The van der Waals surface area contributed by atoms with Crippen LogP contribution >= 0.6 is 22.9 Å². The van der Waals surface area contributed by atoms with Gasteiger partial charge in [-0.2, -0.15) is 0 Å². The maximum absolute atomic E-state index is 6.07. The summed E-state index contributed by atoms with van der Waals surface area (Å²) in [6.07, 6.45) is 2.46. The van der Waals surface area contributed by atoms with Gasteiger partial charge in [-0.25, -0.2) is 0 Å². The van der Waals surface area contributed by atoms with E-state index in [2.05, 4.69) is 18.4 Å². The van der Waals surface area contributed by atoms with Crippen LogP contribution in [0.1, 0.15) is 31.4 Å². The average molecular weight is 217 g/mol. The summed E-state index contributed by atoms with van der Waals surface area (Å²) in [5, 5.41) is 2.01. The Kier molecular flexibility index (Phi) is 2.36. The summed E-state index contributed by atoms with van der Waals surface area (Å²) in [5.74, 6) is 5.55. The first-order chi connectivity index (χ1) is 6.17. The second kappa shape index (κ2) is 3.24. The van der Waals surface area contributed by atoms with Crippen LogP contribution in [-0.4, -0.2) is 0 Å². The van der Waals surface area contributed by atoms with Gasteiger partial charge in [0.05, 0.1) is 10.4 Å². The molecule has 1 fully saturated rings. The van der Waals surface area contributed by atoms with Gasteiger partial charge in [0.15, 0.2) is 0 Å². The van der Waals surface area contributed by atoms with Crippen molar-refractivity contribution in [1.82, 2.24) is 5.43 Å². The molecule has 1 aromatic heterocycles. The fraction of sp³-hybridized carbons (Fsp3) is 0.556. The molecule has 0 bridgehead atoms. The van der Waals surface area contributed by atoms with Crippen molar-refractivity contribution in [2.75, 3.05) is 0 Å². The number of hydrogen-bond donors (Lipinski definition) is 2. The van der Waals surface area contributed by atoms with Crippen LogP contribution in [-0.2, 0) is 0 Å². The molecule has 72 valence electrons. The Morgan fingerprint density at radius 1 is 1.69 bits per heavy atom. The van der Waals surface area contributed by atoms with Crippen LogP contribution in [0.15, 0.2) is 11.4 Å². The summed E-state index contributed by atoms with van der Waals surface area (Å²) in [6, 6.07) is 2.27. The van der Waals surface area contributed by atoms with Crippen molar-refractivity contribution in [3.63, 3.8) is 0 Å². The Bertz CT molecular complexity index is 306. The molecule has 1 aliphatic carbocycles. The highest BCUT2D eigenvalue weighted by Crippen LogP contribution is 2.55. The lowest BCUT2D eigenvalue weighted by Crippen LogP contribution is -2.33. The molecule has 1 aliphatic rings. The molecule has 1 aromatic rings. The number of hydrazine groups is 1. The summed E-state index contributed by atoms with van der Waals surface area (Å²) in [6.45, 7) is 2.24. The number of nitrogens with two attached hydrogens (primary N) is 1. The second-order valence-corrected chi connectivity index (χ2v) is 5.42. The molecular formula is C9H13ClN2S. The predicted molar refractivity (Wildman–Crippen MR) is 56.7 cm³/mol. The summed E-state index contributed by atoms with van der Waals surface area (Å²) < 4.78 is 0.857. The molecule has 1 unspecified atom stereocenters. The van der Waals surface area contributed by atoms with Gasteiger partial charge in [-0.3, -0.25) is 11.3 Å². The van der Waals surface area contributed by atoms with Gasteiger partial charge >= 0.3 is 0 Å². The maximum Gasteiger partial charge on any atom is 0.0976 e. The number of thiophene rings is 1. The Morgan fingerprint density at radius 3 is 2.77 bits per heavy atom. The van der Waals surface area contributed by atoms with E-state index in [1.54, 1.807) is 11.3 Å². The van der Waals surface area contributed by atoms with Crippen LogP contribution in [0.25, 0.3) is 0 Å². The molecule has 0 aliphatic heterocycles. The highest BCUT2D eigenvalue weighted by Gasteiger charge is 2.45. The highest BCUT2D eigenvalue weighted by molar-refractivity contribution is 7.14. The lowest BCUT2D eigenvalue weighted by atomic mass is 9.94. The van der Waals surface area contributed by atoms with Crippen molar-refractivity contribution in [2.24, 2.45) is 11.3 Å². The Hall–Kier alpha value is -0.0900. The summed E-state index contributed by atoms with van der Waals surface area (Å²) in [7, 11) is 0. The predicted octanol–water partition coefficient (Wildman–Crippen LogP) is 2.71. The highest BCUT2D eigenvalue weighted by atomic mass is 35.5. The Morgan fingerprint density at radius 2 is 2.38 bits per heavy atom. The van der Waals surface area contributed by atoms with E-state index in [0.717, 1.165) is 9.90 Å². The van der Waals surface area contributed by atoms with Crippen molar-refractivity contribution in [1.29, 1.82) is 0 Å². The minimum absolute atomic E-state index is 0.214. The van der Waals surface area contributed by atoms with Crippen LogP contribution < -0.4 is 11.3 Å². The van der Waals surface area contributed by atoms with Crippen molar-refractivity contribution in [3.8, 4) is 0 Å². The third kappa shape index (κ3) is 1.62. The van der Waals surface area contributed by atoms with Gasteiger partial charge < -0.3 is 0 Å². The van der Waals surface area contributed by atoms with Crippen LogP contribution in [0.5, 0.6) is 0 Å². The largest absolute Gasteiger partial charge is 0.271 e. The third-order valence-electron chi connectivity index (χ3n) is 2.86. The van der Waals surface area contributed by atoms with Crippen molar-refractivity contribution in [2.45, 2.75) is 25.8 Å². The molecule has 0 saturated heterocycles. The van der Waals surface area contributed by atoms with Gasteiger partial charge in [-0.05, 0) is 29.7 Å². The maximum atomic E-state index is 6.07. The van der Waals surface area contributed by atoms with Crippen LogP contribution in [0.3, 0.4) is 0 Å². The normalized spacial score (nSPS) is 21.5. The van der Waals surface area contributed by atoms with Gasteiger partial charge in [0.1, 0.15) is 0 Å². The molecule has 0 spiro atoms. The Labute approximate surface area is 87.1 Å². The van der Waals surface area contributed by atoms with Gasteiger partial charge in [0, 0.05) is 5.56 Å². The molecule has 2 nitrogen and oxygen atoms in total. The minimum Gasteiger partial charge on any atom is -0.271 e. The standard InChI is InChI=1S/C9H13ClN2S/c1-9(3-4-9)7(12-11)6-2-5-13-8(6)10/h2,5,7,12H,3-4,11H2,1H3. The molecule has 4 heteroatoms. The van der Waals surface area contributed by atoms with E-state index < -0.39 is 0 Å². The molecule has 2 rings (SSSR count). The van der Waals surface area contributed by atoms with E-state index in [-0.39, 0.29) is 6.04 Å². The van der Waals surface area contributed by atoms with Crippen LogP contribution in [0.4, 0.5) is 0 Å². The van der Waals surface area contributed by atoms with E-state index in [4.69, 9.17) is 17.4 Å². The smallest absolute Gasteiger partial charge is 0.0976 e. The topological polar surface area (TPSA) is 38.0 Å². The molecule has 1 atom stereocenters. The van der Waals surface area contributed by atoms with Gasteiger partial charge in [0.2, 0.25) is 0 Å². The van der Waals surface area contributed by atoms with E-state index in [9.17, 15) is 0 Å². The van der Waals surface area contributed by atoms with Gasteiger partial charge in [-0.15, -0.1) is 11.3 Å². The zero-order chi connectivity index (χ0) is 9.47. The van der Waals surface area contributed by atoms with E-state index in [1.807, 2.05) is 5.38 Å². The average Bonchev–Trinajstić information content (AvgIpc) is 2.69. The fourth-order valence-corrected chi connectivity index (χ4v) is 2.65. The summed E-state index contributed by atoms with van der Waals surface area (Å²) >= 11 is 7.63. The molecule has 1 saturated carbocycles. The monoisotopic (exact) mass is 216 g/mol. The van der Waals surface area contributed by atoms with Crippen LogP contribution in [0.2, 0.25) is 4.34 Å². The Balaban J connectivity index is 2.27. The quantitative estimate of drug-likeness (QED) is 0.602. The first-order valence-corrected chi connectivity index (χ1v) is 5.62. The molecule has 1 heterocycles. The van der Waals surface area contributed by atoms with E-state index >= 15 is 0 Å². The van der Waals surface area contributed by atoms with Crippen molar-refractivity contribution < 1.29 is 0 Å². The second-order valence-electron chi connectivity index (χ2n) is 3.90. The summed E-state index contributed by atoms with van der Waals surface area (Å²) in [5.41, 5.74) is 4.34. The summed E-state index contributed by atoms with van der Waals surface area (Å²) in [4.78, 5) is 0. The third-order valence-corrected chi connectivity index (χ3v) is 4.06. The zero-order valence-corrected chi connectivity index (χ0v) is 9.08. The van der Waals surface area contributed by atoms with Crippen molar-refractivity contribution in [3.05, 3.63) is 21.3 Å². The lowest BCUT2D eigenvalue weighted by molar-refractivity contribution is 0.373. The van der Waals surface area contributed by atoms with Crippen LogP contribution in [0, 0.1) is 5.41 Å². The molecule has 3 N–H and O–H groups in total. The molecule has 0 aromatic carbocycles.